The van der Waals surface area contributed by atoms with E-state index in [1.165, 1.54) is 6.07 Å². The lowest BCUT2D eigenvalue weighted by atomic mass is 10.1. The number of aromatic carboxylic acids is 1. The van der Waals surface area contributed by atoms with Crippen LogP contribution in [-0.4, -0.2) is 39.5 Å². The first-order valence-corrected chi connectivity index (χ1v) is 9.26. The van der Waals surface area contributed by atoms with Crippen LogP contribution in [0.3, 0.4) is 0 Å². The average molecular weight is 400 g/mol. The lowest BCUT2D eigenvalue weighted by Crippen LogP contribution is -2.31. The van der Waals surface area contributed by atoms with Gasteiger partial charge in [0.2, 0.25) is 0 Å². The number of hydrogen-bond acceptors (Lipinski definition) is 3. The Hall–Kier alpha value is -3.04. The molecule has 7 heteroatoms. The molecular formula is C21H22ClN3O3. The molecule has 0 unspecified atom stereocenters. The Morgan fingerprint density at radius 3 is 2.43 bits per heavy atom. The van der Waals surface area contributed by atoms with Gasteiger partial charge in [-0.05, 0) is 63.6 Å². The fourth-order valence-corrected chi connectivity index (χ4v) is 3.32. The number of carboxylic acids is 1. The number of nitrogens with zero attached hydrogens (tertiary/aromatic N) is 3. The summed E-state index contributed by atoms with van der Waals surface area (Å²) in [4.78, 5) is 25.5. The molecule has 0 atom stereocenters. The summed E-state index contributed by atoms with van der Waals surface area (Å²) in [5.41, 5.74) is 3.07. The van der Waals surface area contributed by atoms with Crippen LogP contribution < -0.4 is 0 Å². The lowest BCUT2D eigenvalue weighted by molar-refractivity contribution is -0.126. The van der Waals surface area contributed by atoms with Gasteiger partial charge in [-0.25, -0.2) is 4.79 Å². The monoisotopic (exact) mass is 399 g/mol. The molecule has 1 aromatic heterocycles. The second-order valence-electron chi connectivity index (χ2n) is 6.28. The Morgan fingerprint density at radius 1 is 1.25 bits per heavy atom. The summed E-state index contributed by atoms with van der Waals surface area (Å²) >= 11 is 5.97. The van der Waals surface area contributed by atoms with Crippen LogP contribution in [0.1, 0.15) is 41.2 Å². The van der Waals surface area contributed by atoms with Gasteiger partial charge in [0.25, 0.3) is 5.91 Å². The minimum Gasteiger partial charge on any atom is -0.478 e. The fourth-order valence-electron chi connectivity index (χ4n) is 3.13. The van der Waals surface area contributed by atoms with Gasteiger partial charge in [-0.15, -0.1) is 0 Å². The van der Waals surface area contributed by atoms with Gasteiger partial charge in [0, 0.05) is 30.2 Å². The molecule has 146 valence electrons. The molecule has 0 aliphatic carbocycles. The maximum Gasteiger partial charge on any atom is 0.337 e. The average Bonchev–Trinajstić information content (AvgIpc) is 2.94. The number of likely N-dealkylation sites (N-methyl/N-ethyl adjacent to an activating group) is 1. The minimum absolute atomic E-state index is 0.0122. The fraction of sp³-hybridized carbons (Fsp3) is 0.286. The van der Waals surface area contributed by atoms with Crippen molar-refractivity contribution in [1.82, 2.24) is 9.47 Å². The molecule has 2 rings (SSSR count). The van der Waals surface area contributed by atoms with Crippen LogP contribution >= 0.6 is 11.6 Å². The lowest BCUT2D eigenvalue weighted by Gasteiger charge is -2.17. The number of carbonyl (C=O) groups is 2. The molecule has 28 heavy (non-hydrogen) atoms. The van der Waals surface area contributed by atoms with Crippen LogP contribution in [0.15, 0.2) is 29.8 Å². The number of aromatic nitrogens is 1. The van der Waals surface area contributed by atoms with E-state index in [1.54, 1.807) is 23.1 Å². The van der Waals surface area contributed by atoms with Crippen molar-refractivity contribution >= 4 is 29.6 Å². The van der Waals surface area contributed by atoms with E-state index in [1.807, 2.05) is 44.4 Å². The van der Waals surface area contributed by atoms with E-state index < -0.39 is 5.97 Å². The topological polar surface area (TPSA) is 86.3 Å². The second kappa shape index (κ2) is 8.77. The van der Waals surface area contributed by atoms with Gasteiger partial charge in [-0.3, -0.25) is 4.79 Å². The maximum absolute atomic E-state index is 12.5. The first kappa shape index (κ1) is 21.3. The van der Waals surface area contributed by atoms with E-state index in [4.69, 9.17) is 11.6 Å². The third-order valence-electron chi connectivity index (χ3n) is 4.61. The van der Waals surface area contributed by atoms with Crippen molar-refractivity contribution in [3.8, 4) is 11.8 Å². The molecule has 6 nitrogen and oxygen atoms in total. The zero-order valence-electron chi connectivity index (χ0n) is 16.3. The van der Waals surface area contributed by atoms with Crippen molar-refractivity contribution in [3.05, 3.63) is 57.4 Å². The molecule has 1 amide bonds. The summed E-state index contributed by atoms with van der Waals surface area (Å²) in [7, 11) is 0. The van der Waals surface area contributed by atoms with Gasteiger partial charge in [0.1, 0.15) is 11.6 Å². The van der Waals surface area contributed by atoms with E-state index in [0.717, 1.165) is 17.0 Å². The molecule has 0 saturated carbocycles. The van der Waals surface area contributed by atoms with Crippen molar-refractivity contribution < 1.29 is 14.7 Å². The highest BCUT2D eigenvalue weighted by Crippen LogP contribution is 2.26. The molecule has 0 bridgehead atoms. The highest BCUT2D eigenvalue weighted by molar-refractivity contribution is 6.33. The molecule has 0 saturated heterocycles. The van der Waals surface area contributed by atoms with Crippen LogP contribution in [0, 0.1) is 25.2 Å². The largest absolute Gasteiger partial charge is 0.478 e. The number of aryl methyl sites for hydroxylation is 1. The van der Waals surface area contributed by atoms with E-state index in [-0.39, 0.29) is 22.1 Å². The minimum atomic E-state index is -1.11. The van der Waals surface area contributed by atoms with Crippen LogP contribution in [0.5, 0.6) is 0 Å². The molecule has 1 aromatic carbocycles. The van der Waals surface area contributed by atoms with Gasteiger partial charge < -0.3 is 14.6 Å². The summed E-state index contributed by atoms with van der Waals surface area (Å²) in [6.07, 6.45) is 1.58. The highest BCUT2D eigenvalue weighted by Gasteiger charge is 2.18. The molecule has 2 aromatic rings. The number of amides is 1. The zero-order chi connectivity index (χ0) is 21.0. The Morgan fingerprint density at radius 2 is 1.89 bits per heavy atom. The first-order chi connectivity index (χ1) is 13.2. The first-order valence-electron chi connectivity index (χ1n) is 8.88. The Bertz CT molecular complexity index is 995. The number of nitriles is 1. The van der Waals surface area contributed by atoms with Crippen molar-refractivity contribution in [1.29, 1.82) is 5.26 Å². The SMILES string of the molecule is CCN(CC)C(=O)/C(C#N)=C\c1cc(C)n(-c2ccc(Cl)c(C(=O)O)c2)c1C. The summed E-state index contributed by atoms with van der Waals surface area (Å²) in [5.74, 6) is -1.41. The predicted molar refractivity (Wildman–Crippen MR) is 109 cm³/mol. The number of hydrogen-bond donors (Lipinski definition) is 1. The second-order valence-corrected chi connectivity index (χ2v) is 6.69. The number of halogens is 1. The zero-order valence-corrected chi connectivity index (χ0v) is 17.0. The van der Waals surface area contributed by atoms with Crippen LogP contribution in [-0.2, 0) is 4.79 Å². The van der Waals surface area contributed by atoms with Gasteiger partial charge in [0.05, 0.1) is 10.6 Å². The van der Waals surface area contributed by atoms with Gasteiger partial charge in [-0.1, -0.05) is 11.6 Å². The van der Waals surface area contributed by atoms with Gasteiger partial charge in [-0.2, -0.15) is 5.26 Å². The molecule has 1 N–H and O–H groups in total. The Balaban J connectivity index is 2.55. The Kier molecular flexibility index (Phi) is 6.66. The van der Waals surface area contributed by atoms with E-state index in [9.17, 15) is 20.0 Å². The molecular weight excluding hydrogens is 378 g/mol. The summed E-state index contributed by atoms with van der Waals surface area (Å²) in [6.45, 7) is 8.50. The molecule has 0 radical (unpaired) electrons. The highest BCUT2D eigenvalue weighted by atomic mass is 35.5. The Labute approximate surface area is 169 Å². The van der Waals surface area contributed by atoms with Crippen molar-refractivity contribution in [2.75, 3.05) is 13.1 Å². The van der Waals surface area contributed by atoms with Crippen molar-refractivity contribution in [3.63, 3.8) is 0 Å². The molecule has 1 heterocycles. The number of benzene rings is 1. The third kappa shape index (κ3) is 4.10. The van der Waals surface area contributed by atoms with Crippen LogP contribution in [0.4, 0.5) is 0 Å². The van der Waals surface area contributed by atoms with Crippen molar-refractivity contribution in [2.45, 2.75) is 27.7 Å². The summed E-state index contributed by atoms with van der Waals surface area (Å²) in [6, 6.07) is 8.63. The summed E-state index contributed by atoms with van der Waals surface area (Å²) < 4.78 is 1.87. The summed E-state index contributed by atoms with van der Waals surface area (Å²) in [5, 5.41) is 18.9. The van der Waals surface area contributed by atoms with Crippen LogP contribution in [0.25, 0.3) is 11.8 Å². The normalized spacial score (nSPS) is 11.2. The number of rotatable bonds is 6. The van der Waals surface area contributed by atoms with Gasteiger partial charge in [0.15, 0.2) is 0 Å². The maximum atomic E-state index is 12.5. The molecule has 0 aliphatic heterocycles. The molecule has 0 fully saturated rings. The van der Waals surface area contributed by atoms with Crippen molar-refractivity contribution in [2.24, 2.45) is 0 Å². The van der Waals surface area contributed by atoms with Gasteiger partial charge >= 0.3 is 5.97 Å². The quantitative estimate of drug-likeness (QED) is 0.582. The van der Waals surface area contributed by atoms with E-state index in [0.29, 0.717) is 18.8 Å². The third-order valence-corrected chi connectivity index (χ3v) is 4.94. The molecule has 0 spiro atoms. The van der Waals surface area contributed by atoms with Crippen LogP contribution in [0.2, 0.25) is 5.02 Å². The number of carboxylic acid groups (broad SMARTS) is 1. The predicted octanol–water partition coefficient (Wildman–Crippen LogP) is 4.22. The smallest absolute Gasteiger partial charge is 0.337 e. The van der Waals surface area contributed by atoms with E-state index >= 15 is 0 Å². The number of carbonyl (C=O) groups excluding carboxylic acids is 1. The molecule has 0 aliphatic rings. The standard InChI is InChI=1S/C21H22ClN3O3/c1-5-24(6-2)20(26)16(12-23)10-15-9-13(3)25(14(15)4)17-7-8-19(22)18(11-17)21(27)28/h7-11H,5-6H2,1-4H3,(H,27,28)/b16-10-. The van der Waals surface area contributed by atoms with E-state index in [2.05, 4.69) is 0 Å².